The van der Waals surface area contributed by atoms with Gasteiger partial charge in [0.2, 0.25) is 5.12 Å². The molecule has 1 unspecified atom stereocenters. The number of hydrogen-bond donors (Lipinski definition) is 0. The van der Waals surface area contributed by atoms with Crippen LogP contribution in [0.3, 0.4) is 0 Å². The molecule has 1 nitrogen and oxygen atoms in total. The van der Waals surface area contributed by atoms with Crippen LogP contribution in [0, 0.1) is 5.92 Å². The summed E-state index contributed by atoms with van der Waals surface area (Å²) in [7, 11) is 0. The Morgan fingerprint density at radius 2 is 2.11 bits per heavy atom. The van der Waals surface area contributed by atoms with Gasteiger partial charge in [0.1, 0.15) is 0 Å². The quantitative estimate of drug-likeness (QED) is 0.542. The summed E-state index contributed by atoms with van der Waals surface area (Å²) < 4.78 is 0. The van der Waals surface area contributed by atoms with Gasteiger partial charge in [0, 0.05) is 0 Å². The average Bonchev–Trinajstić information content (AvgIpc) is 1.84. The van der Waals surface area contributed by atoms with Crippen molar-refractivity contribution < 1.29 is 4.79 Å². The fourth-order valence-corrected chi connectivity index (χ4v) is 0.622. The number of allylic oxidation sites excluding steroid dienone is 2. The molecular formula is C7H11OS. The summed E-state index contributed by atoms with van der Waals surface area (Å²) in [6.07, 6.45) is 1.91. The zero-order valence-electron chi connectivity index (χ0n) is 5.97. The monoisotopic (exact) mass is 143 g/mol. The van der Waals surface area contributed by atoms with Crippen molar-refractivity contribution in [2.45, 2.75) is 20.8 Å². The Morgan fingerprint density at radius 3 is 2.22 bits per heavy atom. The fraction of sp³-hybridized carbons (Fsp3) is 0.571. The van der Waals surface area contributed by atoms with Crippen LogP contribution in [-0.4, -0.2) is 5.12 Å². The average molecular weight is 143 g/mol. The minimum Gasteiger partial charge on any atom is -0.281 e. The van der Waals surface area contributed by atoms with Crippen molar-refractivity contribution in [3.63, 3.8) is 0 Å². The van der Waals surface area contributed by atoms with E-state index in [1.165, 1.54) is 0 Å². The Hall–Kier alpha value is -0.370. The van der Waals surface area contributed by atoms with Gasteiger partial charge in [-0.05, 0) is 26.5 Å². The van der Waals surface area contributed by atoms with Gasteiger partial charge in [0.05, 0.1) is 5.92 Å². The van der Waals surface area contributed by atoms with Crippen molar-refractivity contribution in [3.8, 4) is 0 Å². The Morgan fingerprint density at radius 1 is 1.67 bits per heavy atom. The van der Waals surface area contributed by atoms with Gasteiger partial charge in [-0.25, -0.2) is 0 Å². The smallest absolute Gasteiger partial charge is 0.225 e. The highest BCUT2D eigenvalue weighted by Gasteiger charge is 2.09. The van der Waals surface area contributed by atoms with Crippen molar-refractivity contribution in [1.29, 1.82) is 0 Å². The van der Waals surface area contributed by atoms with Gasteiger partial charge in [-0.1, -0.05) is 18.6 Å². The molecule has 0 spiro atoms. The molecule has 0 amide bonds. The number of rotatable bonds is 2. The Balaban J connectivity index is 4.04. The van der Waals surface area contributed by atoms with E-state index in [1.54, 1.807) is 0 Å². The molecule has 0 aromatic carbocycles. The standard InChI is InChI=1S/C7H11OS/c1-4-5(2)6(3)7(8)9/h4,6H,1-3H3. The van der Waals surface area contributed by atoms with E-state index in [-0.39, 0.29) is 11.0 Å². The minimum absolute atomic E-state index is 0.0787. The van der Waals surface area contributed by atoms with E-state index >= 15 is 0 Å². The zero-order chi connectivity index (χ0) is 7.44. The molecule has 0 aliphatic rings. The maximum Gasteiger partial charge on any atom is 0.225 e. The van der Waals surface area contributed by atoms with Gasteiger partial charge >= 0.3 is 0 Å². The first-order chi connectivity index (χ1) is 4.09. The highest BCUT2D eigenvalue weighted by Crippen LogP contribution is 2.11. The van der Waals surface area contributed by atoms with E-state index in [1.807, 2.05) is 26.8 Å². The van der Waals surface area contributed by atoms with Crippen LogP contribution in [0.5, 0.6) is 0 Å². The largest absolute Gasteiger partial charge is 0.281 e. The lowest BCUT2D eigenvalue weighted by Gasteiger charge is -2.03. The molecule has 51 valence electrons. The predicted molar refractivity (Wildman–Crippen MR) is 41.2 cm³/mol. The van der Waals surface area contributed by atoms with Crippen molar-refractivity contribution in [3.05, 3.63) is 11.6 Å². The summed E-state index contributed by atoms with van der Waals surface area (Å²) in [5.74, 6) is -0.0787. The highest BCUT2D eigenvalue weighted by molar-refractivity contribution is 7.96. The van der Waals surface area contributed by atoms with Crippen LogP contribution in [0.2, 0.25) is 0 Å². The minimum atomic E-state index is -0.175. The maximum atomic E-state index is 10.5. The Bertz CT molecular complexity index is 138. The lowest BCUT2D eigenvalue weighted by atomic mass is 10.1. The first-order valence-corrected chi connectivity index (χ1v) is 3.34. The molecule has 0 saturated carbocycles. The van der Waals surface area contributed by atoms with Crippen LogP contribution >= 0.6 is 12.6 Å². The lowest BCUT2D eigenvalue weighted by Crippen LogP contribution is -2.04. The molecular weight excluding hydrogens is 132 g/mol. The van der Waals surface area contributed by atoms with Gasteiger partial charge in [0.25, 0.3) is 0 Å². The number of hydrogen-bond acceptors (Lipinski definition) is 1. The summed E-state index contributed by atoms with van der Waals surface area (Å²) in [5, 5.41) is -0.175. The number of carbonyl (C=O) groups excluding carboxylic acids is 1. The van der Waals surface area contributed by atoms with Crippen molar-refractivity contribution in [2.75, 3.05) is 0 Å². The van der Waals surface area contributed by atoms with E-state index in [9.17, 15) is 4.79 Å². The molecule has 0 fully saturated rings. The van der Waals surface area contributed by atoms with E-state index in [0.717, 1.165) is 5.57 Å². The summed E-state index contributed by atoms with van der Waals surface area (Å²) >= 11 is 4.46. The predicted octanol–water partition coefficient (Wildman–Crippen LogP) is 2.31. The van der Waals surface area contributed by atoms with Crippen LogP contribution in [0.4, 0.5) is 0 Å². The molecule has 0 aliphatic carbocycles. The van der Waals surface area contributed by atoms with Gasteiger partial charge < -0.3 is 0 Å². The van der Waals surface area contributed by atoms with Crippen LogP contribution < -0.4 is 0 Å². The van der Waals surface area contributed by atoms with E-state index < -0.39 is 0 Å². The van der Waals surface area contributed by atoms with Gasteiger partial charge in [-0.3, -0.25) is 4.79 Å². The normalized spacial score (nSPS) is 15.2. The van der Waals surface area contributed by atoms with Crippen molar-refractivity contribution in [2.24, 2.45) is 5.92 Å². The van der Waals surface area contributed by atoms with Crippen LogP contribution in [0.1, 0.15) is 20.8 Å². The second kappa shape index (κ2) is 3.62. The summed E-state index contributed by atoms with van der Waals surface area (Å²) in [6.45, 7) is 5.64. The molecule has 9 heavy (non-hydrogen) atoms. The summed E-state index contributed by atoms with van der Waals surface area (Å²) in [5.41, 5.74) is 1.05. The lowest BCUT2D eigenvalue weighted by molar-refractivity contribution is -0.112. The molecule has 0 heterocycles. The number of carbonyl (C=O) groups is 1. The topological polar surface area (TPSA) is 17.1 Å². The molecule has 0 N–H and O–H groups in total. The molecule has 0 aromatic heterocycles. The summed E-state index contributed by atoms with van der Waals surface area (Å²) in [4.78, 5) is 10.5. The van der Waals surface area contributed by atoms with Gasteiger partial charge in [-0.15, -0.1) is 0 Å². The molecule has 0 saturated heterocycles. The van der Waals surface area contributed by atoms with Gasteiger partial charge in [-0.2, -0.15) is 0 Å². The molecule has 0 aliphatic heterocycles. The van der Waals surface area contributed by atoms with Gasteiger partial charge in [0.15, 0.2) is 0 Å². The Kier molecular flexibility index (Phi) is 3.47. The third-order valence-corrected chi connectivity index (χ3v) is 1.85. The van der Waals surface area contributed by atoms with Crippen molar-refractivity contribution >= 4 is 17.7 Å². The fourth-order valence-electron chi connectivity index (χ4n) is 0.436. The SMILES string of the molecule is CC=C(C)C(C)C(=O)[S]. The second-order valence-corrected chi connectivity index (χ2v) is 2.48. The maximum absolute atomic E-state index is 10.5. The van der Waals surface area contributed by atoms with Crippen LogP contribution in [-0.2, 0) is 4.79 Å². The Labute approximate surface area is 61.6 Å². The molecule has 0 bridgehead atoms. The van der Waals surface area contributed by atoms with E-state index in [2.05, 4.69) is 12.6 Å². The second-order valence-electron chi connectivity index (χ2n) is 2.07. The first kappa shape index (κ1) is 8.63. The molecule has 2 heteroatoms. The van der Waals surface area contributed by atoms with Crippen LogP contribution in [0.25, 0.3) is 0 Å². The third kappa shape index (κ3) is 2.61. The molecule has 0 aromatic rings. The van der Waals surface area contributed by atoms with Crippen molar-refractivity contribution in [1.82, 2.24) is 0 Å². The highest BCUT2D eigenvalue weighted by atomic mass is 32.1. The summed E-state index contributed by atoms with van der Waals surface area (Å²) in [6, 6.07) is 0. The first-order valence-electron chi connectivity index (χ1n) is 2.93. The van der Waals surface area contributed by atoms with E-state index in [4.69, 9.17) is 0 Å². The molecule has 1 radical (unpaired) electrons. The van der Waals surface area contributed by atoms with E-state index in [0.29, 0.717) is 0 Å². The zero-order valence-corrected chi connectivity index (χ0v) is 6.79. The van der Waals surface area contributed by atoms with Crippen LogP contribution in [0.15, 0.2) is 11.6 Å². The molecule has 0 rings (SSSR count). The molecule has 1 atom stereocenters. The third-order valence-electron chi connectivity index (χ3n) is 1.49.